The monoisotopic (exact) mass is 308 g/mol. The minimum absolute atomic E-state index is 0.000640. The van der Waals surface area contributed by atoms with Gasteiger partial charge < -0.3 is 14.4 Å². The largest absolute Gasteiger partial charge is 0.493 e. The number of nitrogens with zero attached hydrogens (tertiary/aromatic N) is 1. The van der Waals surface area contributed by atoms with E-state index in [1.165, 1.54) is 19.2 Å². The van der Waals surface area contributed by atoms with E-state index in [4.69, 9.17) is 20.4 Å². The van der Waals surface area contributed by atoms with Crippen LogP contribution in [0.5, 0.6) is 11.5 Å². The third-order valence-electron chi connectivity index (χ3n) is 5.28. The molecule has 4 heteroatoms. The van der Waals surface area contributed by atoms with Crippen molar-refractivity contribution in [2.75, 3.05) is 20.6 Å². The minimum Gasteiger partial charge on any atom is -0.493 e. The molecule has 1 aromatic rings. The topological polar surface area (TPSA) is 38.8 Å². The molecule has 4 nitrogen and oxygen atoms in total. The van der Waals surface area contributed by atoms with E-state index >= 15 is 0 Å². The van der Waals surface area contributed by atoms with Gasteiger partial charge in [0.15, 0.2) is 23.4 Å². The van der Waals surface area contributed by atoms with Crippen molar-refractivity contribution in [3.8, 4) is 11.5 Å². The molecule has 4 aliphatic rings. The van der Waals surface area contributed by atoms with Crippen LogP contribution in [0.2, 0.25) is 0 Å². The summed E-state index contributed by atoms with van der Waals surface area (Å²) in [6, 6.07) is 0.343. The number of ether oxygens (including phenoxy) is 2. The van der Waals surface area contributed by atoms with E-state index in [-0.39, 0.29) is 35.6 Å². The second-order valence-corrected chi connectivity index (χ2v) is 6.10. The van der Waals surface area contributed by atoms with Gasteiger partial charge in [-0.3, -0.25) is 4.79 Å². The van der Waals surface area contributed by atoms with Crippen LogP contribution in [0.15, 0.2) is 12.1 Å². The quantitative estimate of drug-likeness (QED) is 0.795. The fourth-order valence-electron chi connectivity index (χ4n) is 4.34. The summed E-state index contributed by atoms with van der Waals surface area (Å²) in [6.07, 6.45) is -8.26. The van der Waals surface area contributed by atoms with Crippen LogP contribution in [-0.4, -0.2) is 43.4 Å². The summed E-state index contributed by atoms with van der Waals surface area (Å²) in [6.45, 7) is -3.10. The number of Topliss-reactive ketones (excluding diaryl/α,β-unsaturated/α-hetero) is 1. The smallest absolute Gasteiger partial charge is 0.174 e. The lowest BCUT2D eigenvalue weighted by Gasteiger charge is -2.57. The zero-order chi connectivity index (χ0) is 23.0. The number of likely N-dealkylation sites (tertiary alicyclic amines) is 1. The van der Waals surface area contributed by atoms with Crippen molar-refractivity contribution in [1.82, 2.24) is 4.90 Å². The molecule has 0 radical (unpaired) electrons. The zero-order valence-electron chi connectivity index (χ0n) is 21.0. The highest BCUT2D eigenvalue weighted by Gasteiger charge is 2.65. The summed E-state index contributed by atoms with van der Waals surface area (Å²) in [4.78, 5) is 14.0. The van der Waals surface area contributed by atoms with Crippen LogP contribution in [-0.2, 0) is 16.6 Å². The van der Waals surface area contributed by atoms with Gasteiger partial charge >= 0.3 is 0 Å². The van der Waals surface area contributed by atoms with Crippen LogP contribution in [0.3, 0.4) is 0 Å². The van der Waals surface area contributed by atoms with Crippen molar-refractivity contribution in [1.29, 1.82) is 0 Å². The molecule has 5 rings (SSSR count). The number of likely N-dealkylation sites (N-methyl/N-ethyl adjacent to an activating group) is 1. The first kappa shape index (κ1) is 6.91. The number of hydrogen-bond donors (Lipinski definition) is 0. The molecule has 1 aromatic carbocycles. The molecule has 0 N–H and O–H groups in total. The van der Waals surface area contributed by atoms with Crippen LogP contribution < -0.4 is 9.47 Å². The van der Waals surface area contributed by atoms with Gasteiger partial charge in [-0.1, -0.05) is 6.07 Å². The summed E-state index contributed by atoms with van der Waals surface area (Å²) >= 11 is 0. The Balaban J connectivity index is 1.94. The van der Waals surface area contributed by atoms with Gasteiger partial charge in [-0.25, -0.2) is 0 Å². The standard InChI is InChI=1S/C18H21NO3/c1-19-8-7-18-11-4-5-13(20)17(18)22-16-14(21-2)6-3-10(15(16)18)9-12(11)19/h3,6,11-12,17H,4-5,7-9H2,1-2H3/t11-,12+,17?,18-/m0/s1/i1D3,5D2,9D2,12D,17D. The van der Waals surface area contributed by atoms with Crippen LogP contribution in [0, 0.1) is 5.92 Å². The van der Waals surface area contributed by atoms with Crippen LogP contribution in [0.1, 0.15) is 42.7 Å². The van der Waals surface area contributed by atoms with Gasteiger partial charge in [-0.05, 0) is 50.3 Å². The second kappa shape index (κ2) is 4.05. The number of rotatable bonds is 1. The van der Waals surface area contributed by atoms with Gasteiger partial charge in [-0.15, -0.1) is 0 Å². The van der Waals surface area contributed by atoms with Crippen molar-refractivity contribution in [3.63, 3.8) is 0 Å². The highest BCUT2D eigenvalue weighted by molar-refractivity contribution is 5.89. The van der Waals surface area contributed by atoms with Crippen LogP contribution in [0.4, 0.5) is 0 Å². The number of ketones is 1. The summed E-state index contributed by atoms with van der Waals surface area (Å²) in [5, 5.41) is 0. The molecule has 2 heterocycles. The molecule has 4 atom stereocenters. The molecule has 0 amide bonds. The van der Waals surface area contributed by atoms with E-state index in [2.05, 4.69) is 0 Å². The van der Waals surface area contributed by atoms with Crippen molar-refractivity contribution in [3.05, 3.63) is 23.3 Å². The Bertz CT molecular complexity index is 1030. The van der Waals surface area contributed by atoms with E-state index in [1.807, 2.05) is 0 Å². The summed E-state index contributed by atoms with van der Waals surface area (Å²) in [7, 11) is 1.36. The molecule has 1 saturated heterocycles. The molecular weight excluding hydrogens is 278 g/mol. The Morgan fingerprint density at radius 3 is 3.32 bits per heavy atom. The predicted molar refractivity (Wildman–Crippen MR) is 81.6 cm³/mol. The maximum atomic E-state index is 13.2. The van der Waals surface area contributed by atoms with Crippen LogP contribution >= 0.6 is 0 Å². The van der Waals surface area contributed by atoms with Crippen molar-refractivity contribution in [2.24, 2.45) is 5.92 Å². The predicted octanol–water partition coefficient (Wildman–Crippen LogP) is 1.93. The van der Waals surface area contributed by atoms with Crippen molar-refractivity contribution >= 4 is 5.78 Å². The molecule has 22 heavy (non-hydrogen) atoms. The minimum atomic E-state index is -2.83. The fourth-order valence-corrected chi connectivity index (χ4v) is 4.34. The van der Waals surface area contributed by atoms with Gasteiger partial charge in [0.25, 0.3) is 0 Å². The number of carbonyl (C=O) groups excluding carboxylic acids is 1. The number of benzene rings is 1. The van der Waals surface area contributed by atoms with Gasteiger partial charge in [0.05, 0.1) is 8.48 Å². The molecule has 2 bridgehead atoms. The number of methoxy groups -OCH3 is 1. The zero-order valence-corrected chi connectivity index (χ0v) is 12.0. The lowest BCUT2D eigenvalue weighted by molar-refractivity contribution is -0.138. The molecule has 2 aliphatic carbocycles. The maximum Gasteiger partial charge on any atom is 0.174 e. The van der Waals surface area contributed by atoms with Crippen molar-refractivity contribution in [2.45, 2.75) is 43.1 Å². The lowest BCUT2D eigenvalue weighted by atomic mass is 9.52. The summed E-state index contributed by atoms with van der Waals surface area (Å²) < 4.78 is 87.9. The van der Waals surface area contributed by atoms with Crippen LogP contribution in [0.25, 0.3) is 0 Å². The molecule has 116 valence electrons. The number of piperidine rings is 1. The number of carbonyl (C=O) groups is 1. The highest BCUT2D eigenvalue weighted by atomic mass is 16.5. The van der Waals surface area contributed by atoms with Gasteiger partial charge in [0.1, 0.15) is 0 Å². The Morgan fingerprint density at radius 1 is 1.59 bits per heavy atom. The first-order valence-electron chi connectivity index (χ1n) is 11.8. The average molecular weight is 308 g/mol. The van der Waals surface area contributed by atoms with Crippen molar-refractivity contribution < 1.29 is 26.6 Å². The number of hydrogen-bond acceptors (Lipinski definition) is 4. The second-order valence-electron chi connectivity index (χ2n) is 6.10. The van der Waals surface area contributed by atoms with Gasteiger partial charge in [0.2, 0.25) is 0 Å². The normalized spacial score (nSPS) is 56.3. The van der Waals surface area contributed by atoms with Gasteiger partial charge in [0, 0.05) is 34.3 Å². The molecule has 0 aromatic heterocycles. The molecule has 1 spiro atoms. The first-order chi connectivity index (χ1) is 14.1. The molecule has 1 saturated carbocycles. The van der Waals surface area contributed by atoms with E-state index in [0.29, 0.717) is 0 Å². The SMILES string of the molecule is [2H]C1([2H])C[C@@H]2[C@@]34CCN(C([2H])([2H])[2H])[C@]2([2H])C([2H])([2H])c2ccc(OC)c(c23)OC4([2H])C1=O. The molecule has 2 fully saturated rings. The third-order valence-corrected chi connectivity index (χ3v) is 5.28. The molecular formula is C18H21NO3. The van der Waals surface area contributed by atoms with E-state index in [9.17, 15) is 6.17 Å². The lowest BCUT2D eigenvalue weighted by Crippen LogP contribution is -2.65. The Morgan fingerprint density at radius 2 is 2.50 bits per heavy atom. The van der Waals surface area contributed by atoms with Gasteiger partial charge in [-0.2, -0.15) is 0 Å². The average Bonchev–Trinajstić information content (AvgIpc) is 2.91. The Kier molecular flexibility index (Phi) is 1.27. The third kappa shape index (κ3) is 1.27. The Hall–Kier alpha value is -1.55. The summed E-state index contributed by atoms with van der Waals surface area (Å²) in [5.41, 5.74) is -1.36. The Labute approximate surface area is 143 Å². The molecule has 2 aliphatic heterocycles. The summed E-state index contributed by atoms with van der Waals surface area (Å²) in [5.74, 6) is -2.25. The first-order valence-corrected chi connectivity index (χ1v) is 7.34. The molecule has 1 unspecified atom stereocenters. The maximum absolute atomic E-state index is 13.2. The van der Waals surface area contributed by atoms with E-state index < -0.39 is 55.4 Å². The van der Waals surface area contributed by atoms with E-state index in [1.54, 1.807) is 0 Å². The highest BCUT2D eigenvalue weighted by Crippen LogP contribution is 2.62. The fraction of sp³-hybridized carbons (Fsp3) is 0.611. The van der Waals surface area contributed by atoms with E-state index in [0.717, 1.165) is 4.90 Å².